The molecule has 2 aromatic heterocycles. The number of carbonyl (C=O) groups excluding carboxylic acids is 1. The van der Waals surface area contributed by atoms with Gasteiger partial charge in [0.15, 0.2) is 11.5 Å². The summed E-state index contributed by atoms with van der Waals surface area (Å²) in [6.45, 7) is 1.58. The number of hydrogen-bond donors (Lipinski definition) is 3. The zero-order valence-electron chi connectivity index (χ0n) is 11.8. The van der Waals surface area contributed by atoms with Gasteiger partial charge in [0.1, 0.15) is 11.8 Å². The molecule has 0 atom stereocenters. The average Bonchev–Trinajstić information content (AvgIpc) is 2.86. The Hall–Kier alpha value is -1.64. The van der Waals surface area contributed by atoms with Gasteiger partial charge < -0.3 is 20.5 Å². The molecule has 0 aliphatic carbocycles. The Morgan fingerprint density at radius 1 is 1.29 bits per heavy atom. The summed E-state index contributed by atoms with van der Waals surface area (Å²) in [5.41, 5.74) is 1.32. The van der Waals surface area contributed by atoms with Crippen LogP contribution in [0.3, 0.4) is 0 Å². The van der Waals surface area contributed by atoms with Crippen LogP contribution in [0.25, 0.3) is 11.2 Å². The van der Waals surface area contributed by atoms with Crippen LogP contribution in [-0.4, -0.2) is 59.6 Å². The Morgan fingerprint density at radius 3 is 2.76 bits per heavy atom. The molecule has 2 aromatic rings. The number of aromatic amines is 1. The lowest BCUT2D eigenvalue weighted by molar-refractivity contribution is -0.119. The number of nitrogens with one attached hydrogen (secondary N) is 3. The highest BCUT2D eigenvalue weighted by molar-refractivity contribution is 5.87. The van der Waals surface area contributed by atoms with Crippen molar-refractivity contribution in [2.45, 2.75) is 0 Å². The number of H-pyrrole nitrogens is 1. The van der Waals surface area contributed by atoms with Gasteiger partial charge in [0.05, 0.1) is 12.9 Å². The van der Waals surface area contributed by atoms with Gasteiger partial charge in [-0.1, -0.05) is 0 Å². The third-order valence-corrected chi connectivity index (χ3v) is 2.64. The molecule has 0 spiro atoms. The maximum atomic E-state index is 11.7. The quantitative estimate of drug-likeness (QED) is 0.641. The number of likely N-dealkylation sites (N-methyl/N-ethyl adjacent to an activating group) is 2. The Balaban J connectivity index is 0.00000200. The first kappa shape index (κ1) is 19.4. The van der Waals surface area contributed by atoms with E-state index in [1.807, 2.05) is 7.05 Å². The molecule has 0 aliphatic rings. The number of imidazole rings is 1. The van der Waals surface area contributed by atoms with Crippen molar-refractivity contribution in [2.75, 3.05) is 38.6 Å². The Labute approximate surface area is 134 Å². The maximum Gasteiger partial charge on any atom is 0.239 e. The van der Waals surface area contributed by atoms with E-state index in [1.165, 1.54) is 6.33 Å². The lowest BCUT2D eigenvalue weighted by Crippen LogP contribution is -2.38. The van der Waals surface area contributed by atoms with Gasteiger partial charge >= 0.3 is 0 Å². The predicted molar refractivity (Wildman–Crippen MR) is 86.4 cm³/mol. The molecule has 2 rings (SSSR count). The third kappa shape index (κ3) is 5.00. The van der Waals surface area contributed by atoms with E-state index < -0.39 is 0 Å². The van der Waals surface area contributed by atoms with Crippen LogP contribution in [0.5, 0.6) is 0 Å². The molecule has 0 radical (unpaired) electrons. The molecule has 0 aromatic carbocycles. The maximum absolute atomic E-state index is 11.7. The highest BCUT2D eigenvalue weighted by Gasteiger charge is 2.13. The minimum Gasteiger partial charge on any atom is -0.353 e. The average molecular weight is 336 g/mol. The van der Waals surface area contributed by atoms with Crippen molar-refractivity contribution in [3.8, 4) is 0 Å². The van der Waals surface area contributed by atoms with Crippen LogP contribution in [0.1, 0.15) is 0 Å². The Bertz CT molecular complexity index is 562. The van der Waals surface area contributed by atoms with E-state index >= 15 is 0 Å². The van der Waals surface area contributed by atoms with Crippen LogP contribution in [-0.2, 0) is 4.79 Å². The molecular formula is C11H19Cl2N7O. The number of amides is 1. The van der Waals surface area contributed by atoms with E-state index in [1.54, 1.807) is 18.3 Å². The van der Waals surface area contributed by atoms with Gasteiger partial charge in [-0.3, -0.25) is 4.79 Å². The zero-order chi connectivity index (χ0) is 13.7. The van der Waals surface area contributed by atoms with E-state index in [4.69, 9.17) is 0 Å². The number of carbonyl (C=O) groups is 1. The number of rotatable bonds is 6. The fourth-order valence-corrected chi connectivity index (χ4v) is 1.71. The van der Waals surface area contributed by atoms with Gasteiger partial charge in [0.2, 0.25) is 5.91 Å². The second kappa shape index (κ2) is 9.32. The van der Waals surface area contributed by atoms with E-state index in [-0.39, 0.29) is 37.3 Å². The number of hydrogen-bond acceptors (Lipinski definition) is 6. The van der Waals surface area contributed by atoms with E-state index in [2.05, 4.69) is 30.6 Å². The van der Waals surface area contributed by atoms with Crippen molar-refractivity contribution in [3.05, 3.63) is 12.7 Å². The number of fused-ring (bicyclic) bond motifs is 1. The van der Waals surface area contributed by atoms with Crippen LogP contribution < -0.4 is 15.5 Å². The van der Waals surface area contributed by atoms with Crippen LogP contribution in [0.2, 0.25) is 0 Å². The van der Waals surface area contributed by atoms with E-state index in [0.717, 1.165) is 12.1 Å². The molecule has 0 saturated heterocycles. The number of aromatic nitrogens is 4. The lowest BCUT2D eigenvalue weighted by Gasteiger charge is -2.17. The molecule has 0 bridgehead atoms. The van der Waals surface area contributed by atoms with Crippen molar-refractivity contribution in [2.24, 2.45) is 0 Å². The summed E-state index contributed by atoms with van der Waals surface area (Å²) in [6.07, 6.45) is 3.00. The molecule has 0 unspecified atom stereocenters. The first-order chi connectivity index (χ1) is 9.22. The summed E-state index contributed by atoms with van der Waals surface area (Å²) in [5, 5.41) is 5.78. The van der Waals surface area contributed by atoms with Crippen LogP contribution >= 0.6 is 24.8 Å². The van der Waals surface area contributed by atoms with Gasteiger partial charge in [-0.2, -0.15) is 0 Å². The monoisotopic (exact) mass is 335 g/mol. The van der Waals surface area contributed by atoms with Crippen molar-refractivity contribution in [3.63, 3.8) is 0 Å². The molecule has 0 fully saturated rings. The lowest BCUT2D eigenvalue weighted by atomic mass is 10.4. The van der Waals surface area contributed by atoms with Gasteiger partial charge in [0, 0.05) is 20.1 Å². The third-order valence-electron chi connectivity index (χ3n) is 2.64. The summed E-state index contributed by atoms with van der Waals surface area (Å²) in [4.78, 5) is 28.7. The van der Waals surface area contributed by atoms with Crippen LogP contribution in [0.4, 0.5) is 5.82 Å². The SMILES string of the molecule is CNCCNC(=O)CN(C)c1ncnc2nc[nH]c12.Cl.Cl. The van der Waals surface area contributed by atoms with Gasteiger partial charge in [-0.25, -0.2) is 15.0 Å². The minimum absolute atomic E-state index is 0. The summed E-state index contributed by atoms with van der Waals surface area (Å²) in [7, 11) is 3.65. The molecular weight excluding hydrogens is 317 g/mol. The van der Waals surface area contributed by atoms with Crippen molar-refractivity contribution >= 4 is 47.7 Å². The van der Waals surface area contributed by atoms with E-state index in [0.29, 0.717) is 18.0 Å². The highest BCUT2D eigenvalue weighted by Crippen LogP contribution is 2.17. The second-order valence-corrected chi connectivity index (χ2v) is 4.11. The molecule has 118 valence electrons. The summed E-state index contributed by atoms with van der Waals surface area (Å²) >= 11 is 0. The molecule has 2 heterocycles. The van der Waals surface area contributed by atoms with Crippen LogP contribution in [0.15, 0.2) is 12.7 Å². The number of nitrogens with zero attached hydrogens (tertiary/aromatic N) is 4. The normalized spacial score (nSPS) is 9.62. The number of anilines is 1. The first-order valence-electron chi connectivity index (χ1n) is 5.99. The first-order valence-corrected chi connectivity index (χ1v) is 5.99. The standard InChI is InChI=1S/C11H17N7O.2ClH/c1-12-3-4-13-8(19)5-18(2)11-9-10(15-6-14-9)16-7-17-11;;/h6-7,12H,3-5H2,1-2H3,(H,13,19)(H,14,15,16,17);2*1H. The fourth-order valence-electron chi connectivity index (χ4n) is 1.71. The molecule has 21 heavy (non-hydrogen) atoms. The molecule has 8 nitrogen and oxygen atoms in total. The molecule has 0 aliphatic heterocycles. The fraction of sp³-hybridized carbons (Fsp3) is 0.455. The largest absolute Gasteiger partial charge is 0.353 e. The van der Waals surface area contributed by atoms with Crippen LogP contribution in [0, 0.1) is 0 Å². The zero-order valence-corrected chi connectivity index (χ0v) is 13.4. The molecule has 0 saturated carbocycles. The summed E-state index contributed by atoms with van der Waals surface area (Å²) in [6, 6.07) is 0. The molecule has 1 amide bonds. The smallest absolute Gasteiger partial charge is 0.239 e. The predicted octanol–water partition coefficient (Wildman–Crippen LogP) is -0.0317. The molecule has 3 N–H and O–H groups in total. The van der Waals surface area contributed by atoms with Crippen molar-refractivity contribution < 1.29 is 4.79 Å². The molecule has 10 heteroatoms. The Kier molecular flexibility index (Phi) is 8.60. The topological polar surface area (TPSA) is 98.8 Å². The van der Waals surface area contributed by atoms with E-state index in [9.17, 15) is 4.79 Å². The summed E-state index contributed by atoms with van der Waals surface area (Å²) < 4.78 is 0. The second-order valence-electron chi connectivity index (χ2n) is 4.11. The van der Waals surface area contributed by atoms with Gasteiger partial charge in [0.25, 0.3) is 0 Å². The van der Waals surface area contributed by atoms with Gasteiger partial charge in [-0.15, -0.1) is 24.8 Å². The minimum atomic E-state index is -0.0518. The van der Waals surface area contributed by atoms with Gasteiger partial charge in [-0.05, 0) is 7.05 Å². The summed E-state index contributed by atoms with van der Waals surface area (Å²) in [5.74, 6) is 0.607. The van der Waals surface area contributed by atoms with Crippen molar-refractivity contribution in [1.29, 1.82) is 0 Å². The Morgan fingerprint density at radius 2 is 2.05 bits per heavy atom. The number of halogens is 2. The highest BCUT2D eigenvalue weighted by atomic mass is 35.5. The van der Waals surface area contributed by atoms with Crippen molar-refractivity contribution in [1.82, 2.24) is 30.6 Å².